The van der Waals surface area contributed by atoms with Crippen LogP contribution in [0, 0.1) is 17.0 Å². The Morgan fingerprint density at radius 2 is 2.10 bits per heavy atom. The summed E-state index contributed by atoms with van der Waals surface area (Å²) >= 11 is 3.09. The number of carbonyl (C=O) groups is 1. The van der Waals surface area contributed by atoms with E-state index >= 15 is 0 Å². The second-order valence-electron chi connectivity index (χ2n) is 4.28. The Labute approximate surface area is 128 Å². The third kappa shape index (κ3) is 3.66. The lowest BCUT2D eigenvalue weighted by Crippen LogP contribution is -2.15. The molecule has 2 rings (SSSR count). The molecule has 0 bridgehead atoms. The van der Waals surface area contributed by atoms with Crippen molar-refractivity contribution >= 4 is 27.7 Å². The minimum absolute atomic E-state index is 0.156. The summed E-state index contributed by atoms with van der Waals surface area (Å²) in [6.45, 7) is 1.61. The van der Waals surface area contributed by atoms with E-state index < -0.39 is 10.9 Å². The Morgan fingerprint density at radius 3 is 2.67 bits per heavy atom. The fourth-order valence-electron chi connectivity index (χ4n) is 1.68. The van der Waals surface area contributed by atoms with Gasteiger partial charge >= 0.3 is 11.8 Å². The molecular weight excluding hydrogens is 342 g/mol. The van der Waals surface area contributed by atoms with Crippen LogP contribution >= 0.6 is 15.9 Å². The lowest BCUT2D eigenvalue weighted by molar-refractivity contribution is -0.390. The van der Waals surface area contributed by atoms with E-state index in [1.54, 1.807) is 6.92 Å². The van der Waals surface area contributed by atoms with Crippen LogP contribution < -0.4 is 0 Å². The molecule has 2 aromatic rings. The van der Waals surface area contributed by atoms with Gasteiger partial charge in [0.25, 0.3) is 0 Å². The summed E-state index contributed by atoms with van der Waals surface area (Å²) in [7, 11) is 0. The number of carbonyl (C=O) groups excluding carboxylic acids is 1. The minimum atomic E-state index is -0.608. The van der Waals surface area contributed by atoms with Gasteiger partial charge in [-0.3, -0.25) is 0 Å². The van der Waals surface area contributed by atoms with Crippen LogP contribution in [0.1, 0.15) is 11.3 Å². The molecular formula is C13H12BrN3O4. The number of hydrogen-bond acceptors (Lipinski definition) is 5. The normalized spacial score (nSPS) is 10.4. The summed E-state index contributed by atoms with van der Waals surface area (Å²) in [5.74, 6) is -0.824. The average Bonchev–Trinajstić information content (AvgIpc) is 2.75. The Morgan fingerprint density at radius 1 is 1.43 bits per heavy atom. The van der Waals surface area contributed by atoms with Gasteiger partial charge < -0.3 is 14.9 Å². The SMILES string of the molecule is Cc1c(Br)c([N+](=O)[O-])nn1CC(=O)OCc1ccccc1. The molecule has 0 radical (unpaired) electrons. The van der Waals surface area contributed by atoms with Gasteiger partial charge in [0.15, 0.2) is 6.54 Å². The molecule has 0 fully saturated rings. The van der Waals surface area contributed by atoms with Crippen LogP contribution in [0.2, 0.25) is 0 Å². The van der Waals surface area contributed by atoms with Crippen LogP contribution in [0.15, 0.2) is 34.8 Å². The maximum absolute atomic E-state index is 11.8. The van der Waals surface area contributed by atoms with Crippen LogP contribution in [0.4, 0.5) is 5.82 Å². The van der Waals surface area contributed by atoms with Crippen LogP contribution in [-0.4, -0.2) is 20.7 Å². The van der Waals surface area contributed by atoms with E-state index in [2.05, 4.69) is 21.0 Å². The van der Waals surface area contributed by atoms with E-state index in [1.165, 1.54) is 4.68 Å². The van der Waals surface area contributed by atoms with E-state index in [9.17, 15) is 14.9 Å². The number of halogens is 1. The number of benzene rings is 1. The van der Waals surface area contributed by atoms with Crippen LogP contribution in [0.25, 0.3) is 0 Å². The van der Waals surface area contributed by atoms with E-state index in [-0.39, 0.29) is 23.4 Å². The van der Waals surface area contributed by atoms with Crippen molar-refractivity contribution in [3.63, 3.8) is 0 Å². The molecule has 1 heterocycles. The van der Waals surface area contributed by atoms with Crippen molar-refractivity contribution in [3.8, 4) is 0 Å². The largest absolute Gasteiger partial charge is 0.459 e. The van der Waals surface area contributed by atoms with E-state index in [1.807, 2.05) is 30.3 Å². The van der Waals surface area contributed by atoms with Gasteiger partial charge in [0.2, 0.25) is 0 Å². The van der Waals surface area contributed by atoms with Crippen LogP contribution in [-0.2, 0) is 22.7 Å². The third-order valence-electron chi connectivity index (χ3n) is 2.81. The van der Waals surface area contributed by atoms with Gasteiger partial charge in [-0.15, -0.1) is 0 Å². The van der Waals surface area contributed by atoms with Crippen molar-refractivity contribution in [2.24, 2.45) is 0 Å². The number of nitrogens with zero attached hydrogens (tertiary/aromatic N) is 3. The number of aromatic nitrogens is 2. The second-order valence-corrected chi connectivity index (χ2v) is 5.08. The lowest BCUT2D eigenvalue weighted by atomic mass is 10.2. The smallest absolute Gasteiger partial charge is 0.404 e. The van der Waals surface area contributed by atoms with E-state index in [0.717, 1.165) is 5.56 Å². The van der Waals surface area contributed by atoms with Crippen LogP contribution in [0.5, 0.6) is 0 Å². The topological polar surface area (TPSA) is 87.3 Å². The van der Waals surface area contributed by atoms with Crippen molar-refractivity contribution in [1.29, 1.82) is 0 Å². The predicted molar refractivity (Wildman–Crippen MR) is 77.6 cm³/mol. The zero-order valence-corrected chi connectivity index (χ0v) is 12.7. The molecule has 0 spiro atoms. The van der Waals surface area contributed by atoms with E-state index in [0.29, 0.717) is 5.69 Å². The zero-order valence-electron chi connectivity index (χ0n) is 11.2. The highest BCUT2D eigenvalue weighted by Crippen LogP contribution is 2.26. The summed E-state index contributed by atoms with van der Waals surface area (Å²) in [6, 6.07) is 9.25. The summed E-state index contributed by atoms with van der Waals surface area (Å²) in [6.07, 6.45) is 0. The van der Waals surface area contributed by atoms with Crippen molar-refractivity contribution in [2.75, 3.05) is 0 Å². The lowest BCUT2D eigenvalue weighted by Gasteiger charge is -2.04. The second kappa shape index (κ2) is 6.49. The summed E-state index contributed by atoms with van der Waals surface area (Å²) < 4.78 is 6.62. The fourth-order valence-corrected chi connectivity index (χ4v) is 2.11. The number of ether oxygens (including phenoxy) is 1. The van der Waals surface area contributed by atoms with Gasteiger partial charge in [-0.05, 0) is 33.3 Å². The van der Waals surface area contributed by atoms with E-state index in [4.69, 9.17) is 4.74 Å². The number of rotatable bonds is 5. The molecule has 0 aliphatic carbocycles. The molecule has 0 aliphatic heterocycles. The first-order chi connectivity index (χ1) is 9.99. The molecule has 7 nitrogen and oxygen atoms in total. The molecule has 1 aromatic carbocycles. The zero-order chi connectivity index (χ0) is 15.4. The molecule has 21 heavy (non-hydrogen) atoms. The Hall–Kier alpha value is -2.22. The van der Waals surface area contributed by atoms with Gasteiger partial charge in [-0.1, -0.05) is 30.3 Å². The number of hydrogen-bond donors (Lipinski definition) is 0. The number of esters is 1. The third-order valence-corrected chi connectivity index (χ3v) is 3.74. The molecule has 0 atom stereocenters. The van der Waals surface area contributed by atoms with Crippen molar-refractivity contribution in [3.05, 3.63) is 56.2 Å². The highest BCUT2D eigenvalue weighted by atomic mass is 79.9. The average molecular weight is 354 g/mol. The molecule has 0 saturated carbocycles. The van der Waals surface area contributed by atoms with Crippen molar-refractivity contribution in [1.82, 2.24) is 9.78 Å². The quantitative estimate of drug-likeness (QED) is 0.468. The first-order valence-electron chi connectivity index (χ1n) is 6.06. The first kappa shape index (κ1) is 15.2. The maximum atomic E-state index is 11.8. The van der Waals surface area contributed by atoms with Gasteiger partial charge in [-0.2, -0.15) is 4.68 Å². The molecule has 0 unspecified atom stereocenters. The molecule has 1 aromatic heterocycles. The standard InChI is InChI=1S/C13H12BrN3O4/c1-9-12(14)13(17(19)20)15-16(9)7-11(18)21-8-10-5-3-2-4-6-10/h2-6H,7-8H2,1H3. The molecule has 110 valence electrons. The minimum Gasteiger partial charge on any atom is -0.459 e. The summed E-state index contributed by atoms with van der Waals surface area (Å²) in [5.41, 5.74) is 1.37. The Balaban J connectivity index is 2.00. The summed E-state index contributed by atoms with van der Waals surface area (Å²) in [5, 5.41) is 14.5. The summed E-state index contributed by atoms with van der Waals surface area (Å²) in [4.78, 5) is 21.9. The molecule has 0 amide bonds. The highest BCUT2D eigenvalue weighted by Gasteiger charge is 2.24. The van der Waals surface area contributed by atoms with Crippen molar-refractivity contribution in [2.45, 2.75) is 20.1 Å². The highest BCUT2D eigenvalue weighted by molar-refractivity contribution is 9.10. The molecule has 0 N–H and O–H groups in total. The molecule has 0 saturated heterocycles. The monoisotopic (exact) mass is 353 g/mol. The van der Waals surface area contributed by atoms with Gasteiger partial charge in [-0.25, -0.2) is 4.79 Å². The van der Waals surface area contributed by atoms with Gasteiger partial charge in [0.05, 0.1) is 10.8 Å². The maximum Gasteiger partial charge on any atom is 0.404 e. The predicted octanol–water partition coefficient (Wildman–Crippen LogP) is 2.61. The Bertz CT molecular complexity index is 670. The van der Waals surface area contributed by atoms with Gasteiger partial charge in [0.1, 0.15) is 11.1 Å². The van der Waals surface area contributed by atoms with Gasteiger partial charge in [0, 0.05) is 0 Å². The molecule has 0 aliphatic rings. The number of nitro groups is 1. The van der Waals surface area contributed by atoms with Crippen LogP contribution in [0.3, 0.4) is 0 Å². The fraction of sp³-hybridized carbons (Fsp3) is 0.231. The molecule has 8 heteroatoms. The first-order valence-corrected chi connectivity index (χ1v) is 6.85. The Kier molecular flexibility index (Phi) is 4.69. The van der Waals surface area contributed by atoms with Crippen molar-refractivity contribution < 1.29 is 14.5 Å².